The van der Waals surface area contributed by atoms with E-state index in [0.717, 1.165) is 33.9 Å². The predicted molar refractivity (Wildman–Crippen MR) is 101 cm³/mol. The molecular weight excluding hydrogens is 341 g/mol. The lowest BCUT2D eigenvalue weighted by atomic mass is 9.49. The number of amides is 1. The van der Waals surface area contributed by atoms with Crippen LogP contribution in [0.1, 0.15) is 12.8 Å². The molecule has 22 heavy (non-hydrogen) atoms. The summed E-state index contributed by atoms with van der Waals surface area (Å²) in [6.45, 7) is 0. The monoisotopic (exact) mass is 356 g/mol. The van der Waals surface area contributed by atoms with Crippen LogP contribution in [-0.4, -0.2) is 44.7 Å². The van der Waals surface area contributed by atoms with Gasteiger partial charge in [0.1, 0.15) is 35.2 Å². The highest BCUT2D eigenvalue weighted by molar-refractivity contribution is 9.10. The van der Waals surface area contributed by atoms with Gasteiger partial charge in [-0.05, 0) is 40.1 Å². The highest BCUT2D eigenvalue weighted by atomic mass is 79.9. The molecule has 0 unspecified atom stereocenters. The number of aromatic nitrogens is 2. The molecule has 0 bridgehead atoms. The summed E-state index contributed by atoms with van der Waals surface area (Å²) >= 11 is 3.52. The molecule has 3 rings (SSSR count). The Hall–Kier alpha value is -1.50. The number of anilines is 2. The Morgan fingerprint density at radius 2 is 1.95 bits per heavy atom. The second-order valence-corrected chi connectivity index (χ2v) is 7.56. The molecule has 110 valence electrons. The fourth-order valence-electron chi connectivity index (χ4n) is 2.20. The number of hydrogen-bond acceptors (Lipinski definition) is 4. The maximum atomic E-state index is 11.9. The molecule has 0 saturated heterocycles. The maximum absolute atomic E-state index is 11.9. The number of nitrogens with one attached hydrogen (secondary N) is 2. The van der Waals surface area contributed by atoms with E-state index in [4.69, 9.17) is 0 Å². The zero-order valence-corrected chi connectivity index (χ0v) is 14.5. The minimum atomic E-state index is -0.0907. The van der Waals surface area contributed by atoms with Gasteiger partial charge in [0.05, 0.1) is 0 Å². The second-order valence-electron chi connectivity index (χ2n) is 6.71. The van der Waals surface area contributed by atoms with Gasteiger partial charge in [-0.1, -0.05) is 0 Å². The number of halogens is 1. The molecule has 1 aliphatic carbocycles. The third-order valence-corrected chi connectivity index (χ3v) is 4.05. The van der Waals surface area contributed by atoms with Crippen molar-refractivity contribution < 1.29 is 4.79 Å². The summed E-state index contributed by atoms with van der Waals surface area (Å²) in [5.41, 5.74) is 0. The fraction of sp³-hybridized carbons (Fsp3) is 0.308. The minimum Gasteiger partial charge on any atom is -0.387 e. The molecule has 1 fully saturated rings. The van der Waals surface area contributed by atoms with Gasteiger partial charge < -0.3 is 10.6 Å². The maximum Gasteiger partial charge on any atom is 0.228 e. The first-order valence-electron chi connectivity index (χ1n) is 7.37. The highest BCUT2D eigenvalue weighted by Crippen LogP contribution is 2.32. The van der Waals surface area contributed by atoms with Gasteiger partial charge in [-0.2, -0.15) is 0 Å². The lowest BCUT2D eigenvalue weighted by Crippen LogP contribution is -2.40. The molecule has 0 radical (unpaired) electrons. The molecule has 2 aromatic heterocycles. The number of fused-ring (bicyclic) bond motifs is 1. The molecule has 0 spiro atoms. The summed E-state index contributed by atoms with van der Waals surface area (Å²) in [6, 6.07) is 1.88. The Balaban J connectivity index is 1.96. The number of hydrogen-bond donors (Lipinski definition) is 2. The normalized spacial score (nSPS) is 14.8. The van der Waals surface area contributed by atoms with Crippen LogP contribution >= 0.6 is 15.9 Å². The smallest absolute Gasteiger partial charge is 0.228 e. The predicted octanol–water partition coefficient (Wildman–Crippen LogP) is -0.337. The second kappa shape index (κ2) is 5.61. The molecule has 0 aromatic carbocycles. The van der Waals surface area contributed by atoms with E-state index >= 15 is 0 Å². The molecule has 1 amide bonds. The zero-order chi connectivity index (χ0) is 15.9. The van der Waals surface area contributed by atoms with Crippen LogP contribution in [0.15, 0.2) is 22.9 Å². The first kappa shape index (κ1) is 15.4. The van der Waals surface area contributed by atoms with E-state index in [0.29, 0.717) is 5.82 Å². The summed E-state index contributed by atoms with van der Waals surface area (Å²) in [6.07, 6.45) is 5.48. The average Bonchev–Trinajstić information content (AvgIpc) is 3.25. The van der Waals surface area contributed by atoms with Gasteiger partial charge in [0.15, 0.2) is 0 Å². The molecule has 0 atom stereocenters. The van der Waals surface area contributed by atoms with Crippen LogP contribution in [0.2, 0.25) is 0 Å². The minimum absolute atomic E-state index is 0.0602. The van der Waals surface area contributed by atoms with Gasteiger partial charge in [0.25, 0.3) is 0 Å². The summed E-state index contributed by atoms with van der Waals surface area (Å²) in [5.74, 6) is 1.60. The van der Waals surface area contributed by atoms with Crippen LogP contribution in [0, 0.1) is 5.92 Å². The van der Waals surface area contributed by atoms with Crippen LogP contribution in [0.4, 0.5) is 11.6 Å². The quantitative estimate of drug-likeness (QED) is 0.736. The molecule has 2 N–H and O–H groups in total. The SMILES string of the molecule is BC(B)(B)Nc1ncc(Br)c2cc(NC(=O)C3CC3)ncc12. The van der Waals surface area contributed by atoms with Gasteiger partial charge in [0.2, 0.25) is 5.91 Å². The van der Waals surface area contributed by atoms with E-state index in [1.807, 2.05) is 6.07 Å². The zero-order valence-electron chi connectivity index (χ0n) is 12.9. The molecule has 2 aromatic rings. The lowest BCUT2D eigenvalue weighted by Gasteiger charge is -2.22. The number of nitrogens with zero attached hydrogens (tertiary/aromatic N) is 2. The van der Waals surface area contributed by atoms with Crippen molar-refractivity contribution in [3.8, 4) is 0 Å². The average molecular weight is 357 g/mol. The Kier molecular flexibility index (Phi) is 3.93. The van der Waals surface area contributed by atoms with Crippen LogP contribution in [0.5, 0.6) is 0 Å². The van der Waals surface area contributed by atoms with Crippen molar-refractivity contribution in [3.63, 3.8) is 0 Å². The van der Waals surface area contributed by atoms with Gasteiger partial charge >= 0.3 is 0 Å². The van der Waals surface area contributed by atoms with Crippen molar-refractivity contribution in [2.75, 3.05) is 10.6 Å². The molecule has 5 nitrogen and oxygen atoms in total. The van der Waals surface area contributed by atoms with E-state index in [1.165, 1.54) is 0 Å². The third-order valence-electron chi connectivity index (χ3n) is 3.42. The van der Waals surface area contributed by atoms with E-state index in [2.05, 4.69) is 60.1 Å². The lowest BCUT2D eigenvalue weighted by molar-refractivity contribution is -0.117. The molecule has 2 heterocycles. The Morgan fingerprint density at radius 1 is 1.23 bits per heavy atom. The molecule has 0 aliphatic heterocycles. The summed E-state index contributed by atoms with van der Waals surface area (Å²) in [4.78, 5) is 20.7. The van der Waals surface area contributed by atoms with Crippen LogP contribution in [0.3, 0.4) is 0 Å². The van der Waals surface area contributed by atoms with E-state index in [9.17, 15) is 4.79 Å². The standard InChI is InChI=1S/C13H16B3BrN4O/c14-13(15,16)21-11-8-4-18-10(20-12(22)6-1-2-6)3-7(8)9(17)5-19-11/h3-6H,1-2,14-16H2,(H,19,21)(H,18,20,22). The number of rotatable bonds is 4. The Morgan fingerprint density at radius 3 is 2.59 bits per heavy atom. The van der Waals surface area contributed by atoms with Crippen LogP contribution in [0.25, 0.3) is 10.8 Å². The van der Waals surface area contributed by atoms with Gasteiger partial charge in [0, 0.05) is 33.6 Å². The van der Waals surface area contributed by atoms with Crippen molar-refractivity contribution in [2.24, 2.45) is 5.92 Å². The number of carbonyl (C=O) groups is 1. The van der Waals surface area contributed by atoms with Gasteiger partial charge in [-0.3, -0.25) is 4.79 Å². The van der Waals surface area contributed by atoms with Crippen molar-refractivity contribution in [3.05, 3.63) is 22.9 Å². The molecule has 9 heteroatoms. The Bertz CT molecular complexity index is 746. The van der Waals surface area contributed by atoms with E-state index < -0.39 is 0 Å². The Labute approximate surface area is 140 Å². The van der Waals surface area contributed by atoms with E-state index in [-0.39, 0.29) is 17.1 Å². The van der Waals surface area contributed by atoms with Crippen LogP contribution in [-0.2, 0) is 4.79 Å². The van der Waals surface area contributed by atoms with Crippen molar-refractivity contribution in [2.45, 2.75) is 18.1 Å². The third kappa shape index (κ3) is 3.46. The summed E-state index contributed by atoms with van der Waals surface area (Å²) in [7, 11) is 6.25. The van der Waals surface area contributed by atoms with Crippen LogP contribution < -0.4 is 10.6 Å². The fourth-order valence-corrected chi connectivity index (χ4v) is 2.63. The first-order chi connectivity index (χ1) is 10.3. The van der Waals surface area contributed by atoms with Gasteiger partial charge in [-0.15, -0.1) is 0 Å². The largest absolute Gasteiger partial charge is 0.387 e. The van der Waals surface area contributed by atoms with Crippen molar-refractivity contribution >= 4 is 67.8 Å². The van der Waals surface area contributed by atoms with Gasteiger partial charge in [-0.25, -0.2) is 9.97 Å². The first-order valence-corrected chi connectivity index (χ1v) is 8.16. The topological polar surface area (TPSA) is 66.9 Å². The summed E-state index contributed by atoms with van der Waals surface area (Å²) < 4.78 is 0.881. The molecule has 1 aliphatic rings. The molecular formula is C13H16B3BrN4O. The van der Waals surface area contributed by atoms with Crippen molar-refractivity contribution in [1.29, 1.82) is 0 Å². The van der Waals surface area contributed by atoms with Crippen molar-refractivity contribution in [1.82, 2.24) is 9.97 Å². The number of carbonyl (C=O) groups excluding carboxylic acids is 1. The van der Waals surface area contributed by atoms with E-state index in [1.54, 1.807) is 12.4 Å². The summed E-state index contributed by atoms with van der Waals surface area (Å²) in [5, 5.41) is 8.07. The highest BCUT2D eigenvalue weighted by Gasteiger charge is 2.29. The number of pyridine rings is 2. The molecule has 1 saturated carbocycles.